The number of hydrogen-bond acceptors (Lipinski definition) is 4. The Labute approximate surface area is 156 Å². The fourth-order valence-electron chi connectivity index (χ4n) is 2.80. The van der Waals surface area contributed by atoms with Crippen LogP contribution >= 0.6 is 0 Å². The van der Waals surface area contributed by atoms with E-state index in [2.05, 4.69) is 5.32 Å². The summed E-state index contributed by atoms with van der Waals surface area (Å²) in [5.74, 6) is -1.42. The van der Waals surface area contributed by atoms with Crippen LogP contribution in [0.15, 0.2) is 48.5 Å². The second-order valence-corrected chi connectivity index (χ2v) is 6.21. The molecule has 0 saturated carbocycles. The summed E-state index contributed by atoms with van der Waals surface area (Å²) in [6, 6.07) is 12.9. The van der Waals surface area contributed by atoms with Crippen molar-refractivity contribution in [1.82, 2.24) is 4.90 Å². The molecule has 0 aromatic heterocycles. The number of amides is 2. The first-order valence-electron chi connectivity index (χ1n) is 8.62. The van der Waals surface area contributed by atoms with Crippen LogP contribution in [0.25, 0.3) is 0 Å². The summed E-state index contributed by atoms with van der Waals surface area (Å²) in [6.45, 7) is 2.37. The smallest absolute Gasteiger partial charge is 0.335 e. The number of nitrogens with one attached hydrogen (secondary N) is 1. The summed E-state index contributed by atoms with van der Waals surface area (Å²) in [5.41, 5.74) is 1.75. The molecule has 1 aliphatic rings. The van der Waals surface area contributed by atoms with Crippen LogP contribution in [0.4, 0.5) is 5.69 Å². The first kappa shape index (κ1) is 18.6. The molecule has 0 unspecified atom stereocenters. The Kier molecular flexibility index (Phi) is 5.83. The van der Waals surface area contributed by atoms with Crippen molar-refractivity contribution in [1.29, 1.82) is 0 Å². The third-order valence-corrected chi connectivity index (χ3v) is 4.30. The number of carbonyl (C=O) groups excluding carboxylic acids is 2. The zero-order valence-electron chi connectivity index (χ0n) is 14.7. The normalized spacial score (nSPS) is 13.9. The molecule has 1 aliphatic heterocycles. The van der Waals surface area contributed by atoms with Gasteiger partial charge in [0.25, 0.3) is 5.91 Å². The fraction of sp³-hybridized carbons (Fsp3) is 0.250. The quantitative estimate of drug-likeness (QED) is 0.842. The van der Waals surface area contributed by atoms with Crippen LogP contribution in [0.5, 0.6) is 0 Å². The molecule has 1 saturated heterocycles. The fourth-order valence-corrected chi connectivity index (χ4v) is 2.80. The van der Waals surface area contributed by atoms with Gasteiger partial charge in [-0.2, -0.15) is 0 Å². The predicted molar refractivity (Wildman–Crippen MR) is 98.9 cm³/mol. The van der Waals surface area contributed by atoms with Crippen LogP contribution in [0.2, 0.25) is 0 Å². The highest BCUT2D eigenvalue weighted by molar-refractivity contribution is 6.05. The van der Waals surface area contributed by atoms with E-state index in [-0.39, 0.29) is 17.0 Å². The Bertz CT molecular complexity index is 842. The number of anilines is 1. The third kappa shape index (κ3) is 4.92. The highest BCUT2D eigenvalue weighted by Gasteiger charge is 2.17. The summed E-state index contributed by atoms with van der Waals surface area (Å²) < 4.78 is 5.24. The summed E-state index contributed by atoms with van der Waals surface area (Å²) in [4.78, 5) is 37.3. The van der Waals surface area contributed by atoms with Crippen molar-refractivity contribution in [3.8, 4) is 0 Å². The minimum Gasteiger partial charge on any atom is -0.478 e. The Morgan fingerprint density at radius 1 is 1.00 bits per heavy atom. The number of aromatic carboxylic acids is 1. The molecule has 1 heterocycles. The molecule has 0 atom stereocenters. The molecule has 7 nitrogen and oxygen atoms in total. The molecule has 1 fully saturated rings. The van der Waals surface area contributed by atoms with Crippen molar-refractivity contribution in [3.05, 3.63) is 65.2 Å². The third-order valence-electron chi connectivity index (χ3n) is 4.30. The van der Waals surface area contributed by atoms with E-state index in [1.807, 2.05) is 0 Å². The SMILES string of the molecule is O=C(O)c1cccc(C(=O)Nc2ccc(CC(=O)N3CCOCC3)cc2)c1. The van der Waals surface area contributed by atoms with Gasteiger partial charge in [-0.05, 0) is 35.9 Å². The highest BCUT2D eigenvalue weighted by Crippen LogP contribution is 2.14. The van der Waals surface area contributed by atoms with E-state index in [9.17, 15) is 14.4 Å². The summed E-state index contributed by atoms with van der Waals surface area (Å²) in [6.07, 6.45) is 0.300. The van der Waals surface area contributed by atoms with E-state index >= 15 is 0 Å². The van der Waals surface area contributed by atoms with Gasteiger partial charge in [0.05, 0.1) is 25.2 Å². The van der Waals surface area contributed by atoms with Crippen LogP contribution < -0.4 is 5.32 Å². The van der Waals surface area contributed by atoms with Gasteiger partial charge in [0.15, 0.2) is 0 Å². The summed E-state index contributed by atoms with van der Waals surface area (Å²) in [5, 5.41) is 11.7. The largest absolute Gasteiger partial charge is 0.478 e. The molecule has 0 aliphatic carbocycles. The van der Waals surface area contributed by atoms with E-state index < -0.39 is 11.9 Å². The van der Waals surface area contributed by atoms with E-state index in [1.54, 1.807) is 35.2 Å². The van der Waals surface area contributed by atoms with Gasteiger partial charge in [-0.15, -0.1) is 0 Å². The maximum Gasteiger partial charge on any atom is 0.335 e. The molecule has 0 bridgehead atoms. The zero-order chi connectivity index (χ0) is 19.2. The van der Waals surface area contributed by atoms with Gasteiger partial charge < -0.3 is 20.1 Å². The van der Waals surface area contributed by atoms with Gasteiger partial charge >= 0.3 is 5.97 Å². The van der Waals surface area contributed by atoms with Crippen molar-refractivity contribution >= 4 is 23.5 Å². The highest BCUT2D eigenvalue weighted by atomic mass is 16.5. The number of benzene rings is 2. The van der Waals surface area contributed by atoms with Crippen molar-refractivity contribution < 1.29 is 24.2 Å². The summed E-state index contributed by atoms with van der Waals surface area (Å²) in [7, 11) is 0. The Morgan fingerprint density at radius 3 is 2.33 bits per heavy atom. The monoisotopic (exact) mass is 368 g/mol. The van der Waals surface area contributed by atoms with Gasteiger partial charge in [-0.3, -0.25) is 9.59 Å². The Balaban J connectivity index is 1.60. The average Bonchev–Trinajstić information content (AvgIpc) is 2.70. The maximum absolute atomic E-state index is 12.3. The minimum absolute atomic E-state index is 0.0552. The number of carbonyl (C=O) groups is 3. The van der Waals surface area contributed by atoms with E-state index in [0.717, 1.165) is 5.56 Å². The van der Waals surface area contributed by atoms with Crippen molar-refractivity contribution in [2.45, 2.75) is 6.42 Å². The first-order chi connectivity index (χ1) is 13.0. The average molecular weight is 368 g/mol. The molecule has 2 amide bonds. The van der Waals surface area contributed by atoms with Gasteiger partial charge in [-0.25, -0.2) is 4.79 Å². The lowest BCUT2D eigenvalue weighted by molar-refractivity contribution is -0.134. The topological polar surface area (TPSA) is 95.9 Å². The number of hydrogen-bond donors (Lipinski definition) is 2. The molecular weight excluding hydrogens is 348 g/mol. The Hall–Kier alpha value is -3.19. The van der Waals surface area contributed by atoms with Gasteiger partial charge in [0.1, 0.15) is 0 Å². The maximum atomic E-state index is 12.3. The predicted octanol–water partition coefficient (Wildman–Crippen LogP) is 2.04. The van der Waals surface area contributed by atoms with Gasteiger partial charge in [0, 0.05) is 24.3 Å². The molecule has 27 heavy (non-hydrogen) atoms. The van der Waals surface area contributed by atoms with E-state index in [0.29, 0.717) is 38.4 Å². The second kappa shape index (κ2) is 8.46. The number of nitrogens with zero attached hydrogens (tertiary/aromatic N) is 1. The number of morpholine rings is 1. The summed E-state index contributed by atoms with van der Waals surface area (Å²) >= 11 is 0. The second-order valence-electron chi connectivity index (χ2n) is 6.21. The molecule has 7 heteroatoms. The number of ether oxygens (including phenoxy) is 1. The Morgan fingerprint density at radius 2 is 1.67 bits per heavy atom. The first-order valence-corrected chi connectivity index (χ1v) is 8.62. The van der Waals surface area contributed by atoms with E-state index in [4.69, 9.17) is 9.84 Å². The van der Waals surface area contributed by atoms with Gasteiger partial charge in [0.2, 0.25) is 5.91 Å². The minimum atomic E-state index is -1.08. The molecule has 2 aromatic rings. The zero-order valence-corrected chi connectivity index (χ0v) is 14.7. The molecule has 2 aromatic carbocycles. The van der Waals surface area contributed by atoms with Crippen molar-refractivity contribution in [2.75, 3.05) is 31.6 Å². The molecule has 0 spiro atoms. The molecule has 140 valence electrons. The number of carboxylic acids is 1. The van der Waals surface area contributed by atoms with Crippen molar-refractivity contribution in [3.63, 3.8) is 0 Å². The molecule has 3 rings (SSSR count). The standard InChI is InChI=1S/C20H20N2O5/c23-18(22-8-10-27-11-9-22)12-14-4-6-17(7-5-14)21-19(24)15-2-1-3-16(13-15)20(25)26/h1-7,13H,8-12H2,(H,21,24)(H,25,26). The number of rotatable bonds is 5. The van der Waals surface area contributed by atoms with Crippen LogP contribution in [-0.2, 0) is 16.0 Å². The van der Waals surface area contributed by atoms with Crippen LogP contribution in [-0.4, -0.2) is 54.1 Å². The van der Waals surface area contributed by atoms with Crippen molar-refractivity contribution in [2.24, 2.45) is 0 Å². The lowest BCUT2D eigenvalue weighted by Gasteiger charge is -2.26. The molecular formula is C20H20N2O5. The number of carboxylic acid groups (broad SMARTS) is 1. The van der Waals surface area contributed by atoms with Gasteiger partial charge in [-0.1, -0.05) is 18.2 Å². The van der Waals surface area contributed by atoms with E-state index in [1.165, 1.54) is 18.2 Å². The molecule has 0 radical (unpaired) electrons. The lowest BCUT2D eigenvalue weighted by Crippen LogP contribution is -2.41. The lowest BCUT2D eigenvalue weighted by atomic mass is 10.1. The van der Waals surface area contributed by atoms with Crippen LogP contribution in [0, 0.1) is 0 Å². The van der Waals surface area contributed by atoms with Crippen LogP contribution in [0.1, 0.15) is 26.3 Å². The molecule has 2 N–H and O–H groups in total. The van der Waals surface area contributed by atoms with Crippen LogP contribution in [0.3, 0.4) is 0 Å².